The van der Waals surface area contributed by atoms with E-state index < -0.39 is 0 Å². The summed E-state index contributed by atoms with van der Waals surface area (Å²) < 4.78 is 6.88. The van der Waals surface area contributed by atoms with E-state index in [0.29, 0.717) is 17.5 Å². The Labute approximate surface area is 319 Å². The van der Waals surface area contributed by atoms with E-state index in [9.17, 15) is 0 Å². The summed E-state index contributed by atoms with van der Waals surface area (Å²) in [6.07, 6.45) is 0. The molecule has 0 aliphatic rings. The van der Waals surface area contributed by atoms with E-state index in [1.807, 2.05) is 42.5 Å². The maximum atomic E-state index is 6.88. The van der Waals surface area contributed by atoms with Gasteiger partial charge in [0.2, 0.25) is 0 Å². The van der Waals surface area contributed by atoms with E-state index in [2.05, 4.69) is 158 Å². The van der Waals surface area contributed by atoms with E-state index in [-0.39, 0.29) is 0 Å². The summed E-state index contributed by atoms with van der Waals surface area (Å²) >= 11 is 0. The third kappa shape index (κ3) is 6.16. The maximum absolute atomic E-state index is 6.88. The monoisotopic (exact) mass is 703 g/mol. The van der Waals surface area contributed by atoms with E-state index in [4.69, 9.17) is 19.4 Å². The van der Waals surface area contributed by atoms with Crippen molar-refractivity contribution in [2.24, 2.45) is 0 Å². The Morgan fingerprint density at radius 2 is 0.582 bits per heavy atom. The summed E-state index contributed by atoms with van der Waals surface area (Å²) in [5, 5.41) is 2.16. The van der Waals surface area contributed by atoms with E-state index in [0.717, 1.165) is 72.0 Å². The van der Waals surface area contributed by atoms with Crippen LogP contribution in [0.4, 0.5) is 0 Å². The van der Waals surface area contributed by atoms with Crippen molar-refractivity contribution in [1.29, 1.82) is 0 Å². The molecule has 0 amide bonds. The molecular formula is C51H33N3O. The number of rotatable bonds is 7. The molecule has 0 spiro atoms. The highest BCUT2D eigenvalue weighted by Crippen LogP contribution is 2.41. The number of furan rings is 1. The quantitative estimate of drug-likeness (QED) is 0.166. The predicted molar refractivity (Wildman–Crippen MR) is 225 cm³/mol. The van der Waals surface area contributed by atoms with Crippen LogP contribution in [0, 0.1) is 0 Å². The van der Waals surface area contributed by atoms with Gasteiger partial charge in [0, 0.05) is 38.6 Å². The lowest BCUT2D eigenvalue weighted by Crippen LogP contribution is -2.00. The molecule has 0 bridgehead atoms. The molecule has 2 aromatic heterocycles. The minimum Gasteiger partial charge on any atom is -0.455 e. The van der Waals surface area contributed by atoms with Gasteiger partial charge in [-0.05, 0) is 51.6 Å². The molecule has 0 atom stereocenters. The standard InChI is InChI=1S/C51H33N3O/c1-4-15-34(16-5-1)37-21-10-23-39(31-37)43-27-13-29-45-46-30-14-28-44(48(46)55-47(43)45)40-24-12-26-42(33-40)51-53-49(36-19-8-3-9-20-36)52-50(54-51)41-25-11-22-38(32-41)35-17-6-2-7-18-35/h1-33H. The van der Waals surface area contributed by atoms with Gasteiger partial charge in [0.1, 0.15) is 11.2 Å². The molecule has 0 N–H and O–H groups in total. The highest BCUT2D eigenvalue weighted by molar-refractivity contribution is 6.13. The first-order valence-electron chi connectivity index (χ1n) is 18.4. The first-order chi connectivity index (χ1) is 27.2. The second-order valence-corrected chi connectivity index (χ2v) is 13.6. The largest absolute Gasteiger partial charge is 0.455 e. The fourth-order valence-corrected chi connectivity index (χ4v) is 7.42. The van der Waals surface area contributed by atoms with E-state index >= 15 is 0 Å². The van der Waals surface area contributed by atoms with Crippen LogP contribution < -0.4 is 0 Å². The fraction of sp³-hybridized carbons (Fsp3) is 0. The van der Waals surface area contributed by atoms with Crippen LogP contribution in [0.2, 0.25) is 0 Å². The number of aromatic nitrogens is 3. The number of benzene rings is 8. The van der Waals surface area contributed by atoms with Crippen molar-refractivity contribution >= 4 is 21.9 Å². The molecular weight excluding hydrogens is 671 g/mol. The summed E-state index contributed by atoms with van der Waals surface area (Å²) in [5.41, 5.74) is 13.3. The van der Waals surface area contributed by atoms with E-state index in [1.54, 1.807) is 0 Å². The third-order valence-electron chi connectivity index (χ3n) is 10.1. The molecule has 4 nitrogen and oxygen atoms in total. The van der Waals surface area contributed by atoms with Crippen LogP contribution in [0.25, 0.3) is 101 Å². The lowest BCUT2D eigenvalue weighted by molar-refractivity contribution is 0.671. The summed E-state index contributed by atoms with van der Waals surface area (Å²) in [7, 11) is 0. The van der Waals surface area contributed by atoms with Gasteiger partial charge in [-0.1, -0.05) is 182 Å². The van der Waals surface area contributed by atoms with Gasteiger partial charge < -0.3 is 4.42 Å². The average molecular weight is 704 g/mol. The Bertz CT molecular complexity index is 2970. The molecule has 0 radical (unpaired) electrons. The molecule has 10 aromatic rings. The van der Waals surface area contributed by atoms with Crippen molar-refractivity contribution in [3.05, 3.63) is 200 Å². The smallest absolute Gasteiger partial charge is 0.164 e. The second kappa shape index (κ2) is 13.8. The average Bonchev–Trinajstić information content (AvgIpc) is 3.67. The molecule has 0 saturated carbocycles. The molecule has 258 valence electrons. The minimum absolute atomic E-state index is 0.605. The van der Waals surface area contributed by atoms with Crippen molar-refractivity contribution in [3.8, 4) is 78.7 Å². The predicted octanol–water partition coefficient (Wildman–Crippen LogP) is 13.4. The first kappa shape index (κ1) is 32.2. The molecule has 0 aliphatic heterocycles. The van der Waals surface area contributed by atoms with Crippen LogP contribution in [-0.2, 0) is 0 Å². The van der Waals surface area contributed by atoms with Gasteiger partial charge in [-0.25, -0.2) is 15.0 Å². The first-order valence-corrected chi connectivity index (χ1v) is 18.4. The topological polar surface area (TPSA) is 51.8 Å². The van der Waals surface area contributed by atoms with Gasteiger partial charge in [0.05, 0.1) is 0 Å². The molecule has 10 rings (SSSR count). The summed E-state index contributed by atoms with van der Waals surface area (Å²) in [6.45, 7) is 0. The summed E-state index contributed by atoms with van der Waals surface area (Å²) in [6, 6.07) is 69.2. The van der Waals surface area contributed by atoms with Crippen molar-refractivity contribution in [2.45, 2.75) is 0 Å². The molecule has 8 aromatic carbocycles. The number of para-hydroxylation sites is 2. The fourth-order valence-electron chi connectivity index (χ4n) is 7.42. The van der Waals surface area contributed by atoms with Gasteiger partial charge in [0.25, 0.3) is 0 Å². The van der Waals surface area contributed by atoms with Crippen LogP contribution >= 0.6 is 0 Å². The Morgan fingerprint density at radius 1 is 0.255 bits per heavy atom. The summed E-state index contributed by atoms with van der Waals surface area (Å²) in [4.78, 5) is 15.1. The Balaban J connectivity index is 1.08. The lowest BCUT2D eigenvalue weighted by atomic mass is 9.97. The number of hydrogen-bond acceptors (Lipinski definition) is 4. The van der Waals surface area contributed by atoms with E-state index in [1.165, 1.54) is 11.1 Å². The van der Waals surface area contributed by atoms with Crippen LogP contribution in [0.5, 0.6) is 0 Å². The summed E-state index contributed by atoms with van der Waals surface area (Å²) in [5.74, 6) is 1.85. The molecule has 0 unspecified atom stereocenters. The third-order valence-corrected chi connectivity index (χ3v) is 10.1. The lowest BCUT2D eigenvalue weighted by Gasteiger charge is -2.11. The molecule has 4 heteroatoms. The normalized spacial score (nSPS) is 11.3. The Hall–Kier alpha value is -7.43. The van der Waals surface area contributed by atoms with Crippen molar-refractivity contribution in [3.63, 3.8) is 0 Å². The maximum Gasteiger partial charge on any atom is 0.164 e. The van der Waals surface area contributed by atoms with Crippen molar-refractivity contribution < 1.29 is 4.42 Å². The SMILES string of the molecule is c1ccc(-c2cccc(-c3nc(-c4ccccc4)nc(-c4cccc(-c5cccc6c5oc5c(-c7cccc(-c8ccccc8)c7)cccc56)c4)n3)c2)cc1. The minimum atomic E-state index is 0.605. The van der Waals surface area contributed by atoms with Gasteiger partial charge in [-0.15, -0.1) is 0 Å². The Morgan fingerprint density at radius 3 is 1.05 bits per heavy atom. The second-order valence-electron chi connectivity index (χ2n) is 13.6. The zero-order valence-electron chi connectivity index (χ0n) is 29.8. The van der Waals surface area contributed by atoms with Crippen LogP contribution in [0.15, 0.2) is 205 Å². The van der Waals surface area contributed by atoms with Gasteiger partial charge in [-0.2, -0.15) is 0 Å². The molecule has 0 saturated heterocycles. The van der Waals surface area contributed by atoms with Gasteiger partial charge in [-0.3, -0.25) is 0 Å². The van der Waals surface area contributed by atoms with Crippen LogP contribution in [0.1, 0.15) is 0 Å². The van der Waals surface area contributed by atoms with Gasteiger partial charge in [0.15, 0.2) is 17.5 Å². The molecule has 0 fully saturated rings. The van der Waals surface area contributed by atoms with Gasteiger partial charge >= 0.3 is 0 Å². The van der Waals surface area contributed by atoms with Crippen LogP contribution in [-0.4, -0.2) is 15.0 Å². The molecule has 55 heavy (non-hydrogen) atoms. The van der Waals surface area contributed by atoms with Crippen LogP contribution in [0.3, 0.4) is 0 Å². The molecule has 2 heterocycles. The Kier molecular flexibility index (Phi) is 8.12. The number of fused-ring (bicyclic) bond motifs is 3. The number of hydrogen-bond donors (Lipinski definition) is 0. The van der Waals surface area contributed by atoms with Crippen molar-refractivity contribution in [2.75, 3.05) is 0 Å². The number of nitrogens with zero attached hydrogens (tertiary/aromatic N) is 3. The molecule has 0 aliphatic carbocycles. The van der Waals surface area contributed by atoms with Crippen molar-refractivity contribution in [1.82, 2.24) is 15.0 Å². The zero-order valence-corrected chi connectivity index (χ0v) is 29.8. The zero-order chi connectivity index (χ0) is 36.6. The highest BCUT2D eigenvalue weighted by atomic mass is 16.3. The highest BCUT2D eigenvalue weighted by Gasteiger charge is 2.18.